The van der Waals surface area contributed by atoms with Crippen molar-refractivity contribution < 1.29 is 9.90 Å². The van der Waals surface area contributed by atoms with E-state index in [1.54, 1.807) is 0 Å². The maximum atomic E-state index is 10.3. The van der Waals surface area contributed by atoms with Crippen LogP contribution in [0, 0.1) is 17.8 Å². The third-order valence-electron chi connectivity index (χ3n) is 2.38. The molecule has 2 unspecified atom stereocenters. The van der Waals surface area contributed by atoms with Gasteiger partial charge in [-0.1, -0.05) is 0 Å². The van der Waals surface area contributed by atoms with E-state index >= 15 is 0 Å². The number of aliphatic carboxylic acids is 1. The average Bonchev–Trinajstić information content (AvgIpc) is 2.30. The molecule has 2 fully saturated rings. The van der Waals surface area contributed by atoms with E-state index in [-0.39, 0.29) is 5.92 Å². The molecule has 0 aromatic carbocycles. The Bertz CT molecular complexity index is 147. The molecule has 1 aliphatic heterocycles. The highest BCUT2D eigenvalue weighted by molar-refractivity contribution is 5.74. The molecule has 50 valence electrons. The van der Waals surface area contributed by atoms with Crippen LogP contribution in [-0.2, 0) is 4.79 Å². The summed E-state index contributed by atoms with van der Waals surface area (Å²) in [6.07, 6.45) is 0. The summed E-state index contributed by atoms with van der Waals surface area (Å²) in [5, 5.41) is 11.7. The van der Waals surface area contributed by atoms with Crippen LogP contribution in [0.15, 0.2) is 0 Å². The number of hydrogen-bond acceptors (Lipinski definition) is 2. The molecule has 1 aliphatic carbocycles. The van der Waals surface area contributed by atoms with Gasteiger partial charge in [0.05, 0.1) is 5.92 Å². The van der Waals surface area contributed by atoms with Gasteiger partial charge in [0, 0.05) is 0 Å². The smallest absolute Gasteiger partial charge is 0.307 e. The van der Waals surface area contributed by atoms with Gasteiger partial charge >= 0.3 is 5.97 Å². The van der Waals surface area contributed by atoms with Crippen molar-refractivity contribution in [3.63, 3.8) is 0 Å². The van der Waals surface area contributed by atoms with Crippen LogP contribution in [0.25, 0.3) is 0 Å². The number of carboxylic acid groups (broad SMARTS) is 1. The van der Waals surface area contributed by atoms with E-state index in [0.29, 0.717) is 11.8 Å². The number of rotatable bonds is 1. The highest BCUT2D eigenvalue weighted by atomic mass is 16.4. The fourth-order valence-electron chi connectivity index (χ4n) is 1.78. The summed E-state index contributed by atoms with van der Waals surface area (Å²) in [5.74, 6) is 0.308. The maximum absolute atomic E-state index is 10.3. The zero-order chi connectivity index (χ0) is 6.43. The minimum Gasteiger partial charge on any atom is -0.481 e. The standard InChI is InChI=1S/C6H9NO2/c8-6(9)5-3-1-7-2-4(3)5/h3-5,7H,1-2H2,(H,8,9). The van der Waals surface area contributed by atoms with Crippen molar-refractivity contribution in [2.75, 3.05) is 13.1 Å². The Morgan fingerprint density at radius 2 is 2.00 bits per heavy atom. The third kappa shape index (κ3) is 0.580. The molecular weight excluding hydrogens is 118 g/mol. The van der Waals surface area contributed by atoms with E-state index in [1.165, 1.54) is 0 Å². The lowest BCUT2D eigenvalue weighted by atomic mass is 10.3. The van der Waals surface area contributed by atoms with Crippen molar-refractivity contribution in [2.24, 2.45) is 17.8 Å². The Balaban J connectivity index is 2.02. The topological polar surface area (TPSA) is 49.3 Å². The molecule has 9 heavy (non-hydrogen) atoms. The molecule has 0 bridgehead atoms. The van der Waals surface area contributed by atoms with Gasteiger partial charge in [0.25, 0.3) is 0 Å². The van der Waals surface area contributed by atoms with E-state index in [2.05, 4.69) is 5.32 Å². The summed E-state index contributed by atoms with van der Waals surface area (Å²) in [7, 11) is 0. The first-order chi connectivity index (χ1) is 4.30. The van der Waals surface area contributed by atoms with Crippen molar-refractivity contribution in [2.45, 2.75) is 0 Å². The summed E-state index contributed by atoms with van der Waals surface area (Å²) in [6.45, 7) is 1.84. The number of nitrogens with one attached hydrogen (secondary N) is 1. The van der Waals surface area contributed by atoms with E-state index in [1.807, 2.05) is 0 Å². The van der Waals surface area contributed by atoms with Crippen molar-refractivity contribution >= 4 is 5.97 Å². The molecule has 1 heterocycles. The predicted molar refractivity (Wildman–Crippen MR) is 31.0 cm³/mol. The van der Waals surface area contributed by atoms with Crippen LogP contribution >= 0.6 is 0 Å². The number of piperidine rings is 1. The number of carbonyl (C=O) groups is 1. The quantitative estimate of drug-likeness (QED) is 0.501. The van der Waals surface area contributed by atoms with Crippen molar-refractivity contribution in [1.29, 1.82) is 0 Å². The van der Waals surface area contributed by atoms with Crippen LogP contribution < -0.4 is 5.32 Å². The number of fused-ring (bicyclic) bond motifs is 1. The Morgan fingerprint density at radius 1 is 1.44 bits per heavy atom. The van der Waals surface area contributed by atoms with Crippen LogP contribution in [0.4, 0.5) is 0 Å². The Labute approximate surface area is 53.1 Å². The van der Waals surface area contributed by atoms with Gasteiger partial charge < -0.3 is 10.4 Å². The van der Waals surface area contributed by atoms with Crippen LogP contribution in [0.2, 0.25) is 0 Å². The Hall–Kier alpha value is -0.570. The van der Waals surface area contributed by atoms with Gasteiger partial charge in [0.15, 0.2) is 0 Å². The highest BCUT2D eigenvalue weighted by Crippen LogP contribution is 2.48. The normalized spacial score (nSPS) is 46.4. The second kappa shape index (κ2) is 1.48. The van der Waals surface area contributed by atoms with E-state index in [9.17, 15) is 4.79 Å². The summed E-state index contributed by atoms with van der Waals surface area (Å²) in [4.78, 5) is 10.3. The van der Waals surface area contributed by atoms with Gasteiger partial charge in [-0.15, -0.1) is 0 Å². The van der Waals surface area contributed by atoms with Gasteiger partial charge in [-0.2, -0.15) is 0 Å². The maximum Gasteiger partial charge on any atom is 0.307 e. The number of carboxylic acids is 1. The first-order valence-corrected chi connectivity index (χ1v) is 3.24. The Morgan fingerprint density at radius 3 is 2.33 bits per heavy atom. The van der Waals surface area contributed by atoms with Gasteiger partial charge in [0.2, 0.25) is 0 Å². The predicted octanol–water partition coefficient (Wildman–Crippen LogP) is -0.464. The van der Waals surface area contributed by atoms with Crippen molar-refractivity contribution in [1.82, 2.24) is 5.32 Å². The van der Waals surface area contributed by atoms with Crippen LogP contribution in [0.5, 0.6) is 0 Å². The van der Waals surface area contributed by atoms with E-state index in [0.717, 1.165) is 13.1 Å². The monoisotopic (exact) mass is 127 g/mol. The molecule has 0 amide bonds. The van der Waals surface area contributed by atoms with E-state index in [4.69, 9.17) is 5.11 Å². The molecule has 3 heteroatoms. The first kappa shape index (κ1) is 5.23. The Kier molecular flexibility index (Phi) is 0.858. The second-order valence-electron chi connectivity index (χ2n) is 2.85. The molecule has 3 nitrogen and oxygen atoms in total. The largest absolute Gasteiger partial charge is 0.481 e. The lowest BCUT2D eigenvalue weighted by molar-refractivity contribution is -0.139. The van der Waals surface area contributed by atoms with Crippen LogP contribution in [-0.4, -0.2) is 24.2 Å². The van der Waals surface area contributed by atoms with Crippen molar-refractivity contribution in [3.05, 3.63) is 0 Å². The molecule has 1 saturated heterocycles. The van der Waals surface area contributed by atoms with Gasteiger partial charge in [-0.3, -0.25) is 4.79 Å². The molecule has 0 radical (unpaired) electrons. The summed E-state index contributed by atoms with van der Waals surface area (Å²) in [6, 6.07) is 0. The van der Waals surface area contributed by atoms with E-state index < -0.39 is 5.97 Å². The molecule has 2 N–H and O–H groups in total. The van der Waals surface area contributed by atoms with Gasteiger partial charge in [-0.05, 0) is 24.9 Å². The molecule has 0 spiro atoms. The third-order valence-corrected chi connectivity index (χ3v) is 2.38. The summed E-state index contributed by atoms with van der Waals surface area (Å²) in [5.41, 5.74) is 0. The zero-order valence-electron chi connectivity index (χ0n) is 5.00. The minimum absolute atomic E-state index is 0.00810. The molecule has 2 rings (SSSR count). The molecule has 2 aliphatic rings. The summed E-state index contributed by atoms with van der Waals surface area (Å²) < 4.78 is 0. The molecule has 0 aromatic rings. The first-order valence-electron chi connectivity index (χ1n) is 3.24. The summed E-state index contributed by atoms with van der Waals surface area (Å²) >= 11 is 0. The van der Waals surface area contributed by atoms with Crippen molar-refractivity contribution in [3.8, 4) is 0 Å². The van der Waals surface area contributed by atoms with Gasteiger partial charge in [-0.25, -0.2) is 0 Å². The lowest BCUT2D eigenvalue weighted by Crippen LogP contribution is -2.18. The second-order valence-corrected chi connectivity index (χ2v) is 2.85. The number of hydrogen-bond donors (Lipinski definition) is 2. The van der Waals surface area contributed by atoms with Crippen LogP contribution in [0.1, 0.15) is 0 Å². The molecule has 1 saturated carbocycles. The molecule has 0 aromatic heterocycles. The fourth-order valence-corrected chi connectivity index (χ4v) is 1.78. The SMILES string of the molecule is O=C(O)C1C2CNCC21. The molecular formula is C6H9NO2. The fraction of sp³-hybridized carbons (Fsp3) is 0.833. The average molecular weight is 127 g/mol. The highest BCUT2D eigenvalue weighted by Gasteiger charge is 2.57. The van der Waals surface area contributed by atoms with Gasteiger partial charge in [0.1, 0.15) is 0 Å². The molecule has 2 atom stereocenters. The zero-order valence-corrected chi connectivity index (χ0v) is 5.00. The minimum atomic E-state index is -0.605. The van der Waals surface area contributed by atoms with Crippen LogP contribution in [0.3, 0.4) is 0 Å². The lowest BCUT2D eigenvalue weighted by Gasteiger charge is -1.96.